The minimum absolute atomic E-state index is 0.424. The van der Waals surface area contributed by atoms with Crippen LogP contribution in [0.1, 0.15) is 468 Å². The Kier molecular flexibility index (Phi) is 41.4. The van der Waals surface area contributed by atoms with Crippen LogP contribution in [0.15, 0.2) is 48.5 Å². The van der Waals surface area contributed by atoms with Gasteiger partial charge in [-0.1, -0.05) is 388 Å². The molecule has 0 spiro atoms. The molecule has 0 fully saturated rings. The molecule has 0 saturated carbocycles. The van der Waals surface area contributed by atoms with Gasteiger partial charge in [-0.05, 0) is 124 Å². The lowest BCUT2D eigenvalue weighted by Crippen LogP contribution is -2.39. The molecule has 8 aromatic rings. The number of aryl methyl sites for hydroxylation is 2. The van der Waals surface area contributed by atoms with Gasteiger partial charge in [-0.15, -0.1) is 90.7 Å². The van der Waals surface area contributed by atoms with E-state index in [1.165, 1.54) is 422 Å². The Morgan fingerprint density at radius 3 is 0.821 bits per heavy atom. The number of rotatable bonds is 65. The third-order valence-corrected chi connectivity index (χ3v) is 36.2. The number of thiophene rings is 8. The number of hydrogen-bond donors (Lipinski definition) is 0. The van der Waals surface area contributed by atoms with Crippen molar-refractivity contribution in [2.45, 2.75) is 451 Å². The van der Waals surface area contributed by atoms with Crippen LogP contribution < -0.4 is 0 Å². The number of ketones is 2. The van der Waals surface area contributed by atoms with Crippen molar-refractivity contribution in [1.82, 2.24) is 0 Å². The minimum atomic E-state index is -0.546. The molecule has 0 saturated heterocycles. The van der Waals surface area contributed by atoms with Gasteiger partial charge in [-0.25, -0.2) is 0 Å². The van der Waals surface area contributed by atoms with E-state index in [1.807, 2.05) is 90.7 Å². The predicted octanol–water partition coefficient (Wildman–Crippen LogP) is 39.1. The Morgan fingerprint density at radius 1 is 0.232 bits per heavy atom. The summed E-state index contributed by atoms with van der Waals surface area (Å²) in [7, 11) is 0. The van der Waals surface area contributed by atoms with Gasteiger partial charge in [0.05, 0.1) is 20.6 Å². The Labute approximate surface area is 717 Å². The lowest BCUT2D eigenvalue weighted by molar-refractivity contribution is 0.0839. The van der Waals surface area contributed by atoms with E-state index in [4.69, 9.17) is 0 Å². The summed E-state index contributed by atoms with van der Waals surface area (Å²) in [4.78, 5) is 48.6. The highest BCUT2D eigenvalue weighted by Gasteiger charge is 2.50. The van der Waals surface area contributed by atoms with Crippen molar-refractivity contribution < 1.29 is 9.59 Å². The Hall–Kier alpha value is -2.54. The molecular weight excluding hydrogens is 1510 g/mol. The molecule has 0 amide bonds. The number of fused-ring (bicyclic) bond motifs is 8. The highest BCUT2D eigenvalue weighted by molar-refractivity contribution is 7.35. The maximum absolute atomic E-state index is 17.0. The number of hydrogen-bond acceptors (Lipinski definition) is 10. The monoisotopic (exact) mass is 1670 g/mol. The molecule has 0 radical (unpaired) electrons. The lowest BCUT2D eigenvalue weighted by Gasteiger charge is -2.38. The second kappa shape index (κ2) is 50.5. The molecular formula is C102H154O2S8. The van der Waals surface area contributed by atoms with Gasteiger partial charge in [0.25, 0.3) is 0 Å². The Morgan fingerprint density at radius 2 is 0.482 bits per heavy atom. The third-order valence-electron chi connectivity index (χ3n) is 26.4. The van der Waals surface area contributed by atoms with E-state index >= 15 is 9.59 Å². The largest absolute Gasteiger partial charge is 0.293 e. The zero-order valence-electron chi connectivity index (χ0n) is 72.3. The third kappa shape index (κ3) is 26.7. The van der Waals surface area contributed by atoms with Crippen molar-refractivity contribution in [2.24, 2.45) is 11.8 Å². The van der Waals surface area contributed by atoms with Crippen LogP contribution in [0.4, 0.5) is 0 Å². The summed E-state index contributed by atoms with van der Waals surface area (Å²) < 4.78 is 5.49. The van der Waals surface area contributed by atoms with E-state index in [0.29, 0.717) is 23.4 Å². The molecule has 10 heteroatoms. The summed E-state index contributed by atoms with van der Waals surface area (Å²) in [6.07, 6.45) is 78.6. The summed E-state index contributed by atoms with van der Waals surface area (Å²) in [5.41, 5.74) is 3.77. The van der Waals surface area contributed by atoms with Gasteiger partial charge >= 0.3 is 0 Å². The van der Waals surface area contributed by atoms with Crippen molar-refractivity contribution in [3.8, 4) is 48.8 Å². The van der Waals surface area contributed by atoms with Crippen LogP contribution in [-0.2, 0) is 10.8 Å². The SMILES string of the molecule is CCCCCCCCCCCCCCCC1(CCCCCCCCCCCCCCC)C(=O)c2cc(C)sc2-c2sc(-c3cc4sc(-c5cc6c(s5)-c5sc(-c7cc8sc(C)cc8s7)cc5C(CCC(CCCCCCC)CCCCCCCCC)(CCC(CCCCCCC)CCCCCCCCC)C6=O)cc4s3)cc21. The Bertz CT molecular complexity index is 3790. The van der Waals surface area contributed by atoms with Gasteiger partial charge < -0.3 is 0 Å². The molecule has 0 N–H and O–H groups in total. The van der Waals surface area contributed by atoms with Gasteiger partial charge in [0.2, 0.25) is 0 Å². The summed E-state index contributed by atoms with van der Waals surface area (Å²) in [6, 6.07) is 19.8. The molecule has 2 nitrogen and oxygen atoms in total. The van der Waals surface area contributed by atoms with Crippen LogP contribution in [0.3, 0.4) is 0 Å². The molecule has 622 valence electrons. The second-order valence-electron chi connectivity index (χ2n) is 35.6. The summed E-state index contributed by atoms with van der Waals surface area (Å²) in [5.74, 6) is 2.19. The average Bonchev–Trinajstić information content (AvgIpc) is 1.41. The number of Topliss-reactive ketones (excluding diaryl/α,β-unsaturated/α-hetero) is 2. The van der Waals surface area contributed by atoms with Crippen LogP contribution in [0.5, 0.6) is 0 Å². The molecule has 0 bridgehead atoms. The van der Waals surface area contributed by atoms with Crippen LogP contribution in [-0.4, -0.2) is 11.6 Å². The first-order valence-electron chi connectivity index (χ1n) is 47.6. The second-order valence-corrected chi connectivity index (χ2v) is 44.6. The maximum atomic E-state index is 17.0. The van der Waals surface area contributed by atoms with Crippen LogP contribution in [0.25, 0.3) is 67.6 Å². The van der Waals surface area contributed by atoms with Gasteiger partial charge in [0.1, 0.15) is 0 Å². The molecule has 2 aliphatic carbocycles. The first kappa shape index (κ1) is 91.8. The summed E-state index contributed by atoms with van der Waals surface area (Å²) in [6.45, 7) is 18.5. The van der Waals surface area contributed by atoms with E-state index in [2.05, 4.69) is 104 Å². The van der Waals surface area contributed by atoms with Crippen LogP contribution in [0.2, 0.25) is 0 Å². The lowest BCUT2D eigenvalue weighted by atomic mass is 9.63. The van der Waals surface area contributed by atoms with Crippen molar-refractivity contribution in [2.75, 3.05) is 0 Å². The van der Waals surface area contributed by atoms with Crippen LogP contribution in [0, 0.1) is 25.7 Å². The van der Waals surface area contributed by atoms with Gasteiger partial charge in [-0.2, -0.15) is 0 Å². The van der Waals surface area contributed by atoms with Gasteiger partial charge in [0.15, 0.2) is 11.6 Å². The van der Waals surface area contributed by atoms with Gasteiger partial charge in [-0.3, -0.25) is 9.59 Å². The van der Waals surface area contributed by atoms with Crippen molar-refractivity contribution >= 4 is 121 Å². The number of unbranched alkanes of at least 4 members (excludes halogenated alkanes) is 44. The Balaban J connectivity index is 0.951. The fourth-order valence-corrected chi connectivity index (χ4v) is 29.4. The maximum Gasteiger partial charge on any atom is 0.174 e. The first-order valence-corrected chi connectivity index (χ1v) is 54.2. The topological polar surface area (TPSA) is 34.1 Å². The van der Waals surface area contributed by atoms with Gasteiger partial charge in [0, 0.05) is 78.7 Å². The van der Waals surface area contributed by atoms with Crippen molar-refractivity contribution in [1.29, 1.82) is 0 Å². The average molecular weight is 1670 g/mol. The van der Waals surface area contributed by atoms with Crippen molar-refractivity contribution in [3.05, 3.63) is 80.5 Å². The molecule has 0 aromatic carbocycles. The van der Waals surface area contributed by atoms with E-state index in [-0.39, 0.29) is 0 Å². The smallest absolute Gasteiger partial charge is 0.174 e. The summed E-state index contributed by atoms with van der Waals surface area (Å²) >= 11 is 15.6. The first-order chi connectivity index (χ1) is 55.0. The molecule has 2 unspecified atom stereocenters. The normalized spacial score (nSPS) is 15.2. The van der Waals surface area contributed by atoms with E-state index < -0.39 is 10.8 Å². The molecule has 8 aromatic heterocycles. The number of carbonyl (C=O) groups is 2. The van der Waals surface area contributed by atoms with E-state index in [0.717, 1.165) is 62.5 Å². The molecule has 10 rings (SSSR count). The van der Waals surface area contributed by atoms with E-state index in [9.17, 15) is 0 Å². The van der Waals surface area contributed by atoms with E-state index in [1.54, 1.807) is 0 Å². The predicted molar refractivity (Wildman–Crippen MR) is 511 cm³/mol. The standard InChI is InChI=1S/C102H154O2S8/c1-9-15-21-27-31-33-35-37-39-41-45-51-57-65-101(66-58-52-46-42-40-38-36-34-32-28-22-16-10-2)83-72-87(111-97(83)95-81(99(101)103)69-77(7)106-95)92-76-94-93(109-92)75-90(108-94)86-71-82-96(110-86)98-84(73-88(112-98)91-74-89-85(107-91)70-78(8)105-89)102(100(82)104,67-63-79(59-53-47-25-19-13-5)61-55-49-43-29-23-17-11-3)68-64-80(60-54-48-26-20-14-6)62-56-50-44-30-24-18-12-4/h69-76,79-80H,9-68H2,1-8H3. The fraction of sp³-hybridized carbons (Fsp3) is 0.706. The zero-order chi connectivity index (χ0) is 78.6. The van der Waals surface area contributed by atoms with Crippen LogP contribution >= 0.6 is 90.7 Å². The highest BCUT2D eigenvalue weighted by atomic mass is 32.1. The molecule has 0 aliphatic heterocycles. The minimum Gasteiger partial charge on any atom is -0.293 e. The molecule has 2 aliphatic rings. The number of carbonyl (C=O) groups excluding carboxylic acids is 2. The molecule has 8 heterocycles. The quantitative estimate of drug-likeness (QED) is 0.0356. The molecule has 2 atom stereocenters. The molecule has 112 heavy (non-hydrogen) atoms. The highest BCUT2D eigenvalue weighted by Crippen LogP contribution is 2.61. The summed E-state index contributed by atoms with van der Waals surface area (Å²) in [5, 5.41) is 0. The zero-order valence-corrected chi connectivity index (χ0v) is 78.8. The van der Waals surface area contributed by atoms with Crippen molar-refractivity contribution in [3.63, 3.8) is 0 Å². The fourth-order valence-electron chi connectivity index (χ4n) is 19.4.